The van der Waals surface area contributed by atoms with Gasteiger partial charge in [-0.1, -0.05) is 55.5 Å². The zero-order chi connectivity index (χ0) is 19.2. The van der Waals surface area contributed by atoms with E-state index in [-0.39, 0.29) is 5.78 Å². The maximum atomic E-state index is 12.5. The van der Waals surface area contributed by atoms with Crippen molar-refractivity contribution in [2.45, 2.75) is 26.4 Å². The average molecular weight is 355 g/mol. The Bertz CT molecular complexity index is 949. The predicted octanol–water partition coefficient (Wildman–Crippen LogP) is 5.44. The van der Waals surface area contributed by atoms with Crippen LogP contribution in [0.3, 0.4) is 0 Å². The van der Waals surface area contributed by atoms with E-state index < -0.39 is 6.10 Å². The Balaban J connectivity index is 1.67. The number of nitriles is 1. The lowest BCUT2D eigenvalue weighted by Gasteiger charge is -2.14. The van der Waals surface area contributed by atoms with Crippen LogP contribution in [-0.4, -0.2) is 11.9 Å². The SMILES string of the molecule is CCc1ccc(C(=O)[C@@H](C)Oc2ccc(-c3ccc(C#N)cc3)cc2)cc1. The molecule has 1 atom stereocenters. The van der Waals surface area contributed by atoms with Gasteiger partial charge in [-0.2, -0.15) is 5.26 Å². The summed E-state index contributed by atoms with van der Waals surface area (Å²) in [6.45, 7) is 3.86. The maximum absolute atomic E-state index is 12.5. The van der Waals surface area contributed by atoms with Gasteiger partial charge >= 0.3 is 0 Å². The minimum absolute atomic E-state index is 0.0335. The number of hydrogen-bond acceptors (Lipinski definition) is 3. The second-order valence-electron chi connectivity index (χ2n) is 6.39. The highest BCUT2D eigenvalue weighted by molar-refractivity contribution is 5.99. The van der Waals surface area contributed by atoms with Gasteiger partial charge in [0.05, 0.1) is 11.6 Å². The summed E-state index contributed by atoms with van der Waals surface area (Å²) in [6, 6.07) is 24.8. The fourth-order valence-corrected chi connectivity index (χ4v) is 2.86. The van der Waals surface area contributed by atoms with Crippen LogP contribution in [0.2, 0.25) is 0 Å². The third-order valence-corrected chi connectivity index (χ3v) is 4.53. The van der Waals surface area contributed by atoms with Gasteiger partial charge in [-0.25, -0.2) is 0 Å². The molecule has 134 valence electrons. The van der Waals surface area contributed by atoms with Crippen molar-refractivity contribution in [3.8, 4) is 22.9 Å². The molecule has 0 aliphatic rings. The Morgan fingerprint density at radius 2 is 1.48 bits per heavy atom. The highest BCUT2D eigenvalue weighted by atomic mass is 16.5. The monoisotopic (exact) mass is 355 g/mol. The first kappa shape index (κ1) is 18.4. The summed E-state index contributed by atoms with van der Waals surface area (Å²) >= 11 is 0. The summed E-state index contributed by atoms with van der Waals surface area (Å²) in [5, 5.41) is 8.88. The van der Waals surface area contributed by atoms with Crippen molar-refractivity contribution in [1.29, 1.82) is 5.26 Å². The second kappa shape index (κ2) is 8.33. The smallest absolute Gasteiger partial charge is 0.202 e. The normalized spacial score (nSPS) is 11.4. The number of aryl methyl sites for hydroxylation is 1. The number of hydrogen-bond donors (Lipinski definition) is 0. The highest BCUT2D eigenvalue weighted by Crippen LogP contribution is 2.23. The van der Waals surface area contributed by atoms with Crippen molar-refractivity contribution in [2.75, 3.05) is 0 Å². The van der Waals surface area contributed by atoms with Gasteiger partial charge in [0.1, 0.15) is 5.75 Å². The van der Waals surface area contributed by atoms with Crippen molar-refractivity contribution in [3.05, 3.63) is 89.5 Å². The molecule has 0 saturated carbocycles. The van der Waals surface area contributed by atoms with Crippen LogP contribution in [0.1, 0.15) is 35.3 Å². The van der Waals surface area contributed by atoms with Gasteiger partial charge in [-0.3, -0.25) is 4.79 Å². The van der Waals surface area contributed by atoms with Gasteiger partial charge in [-0.15, -0.1) is 0 Å². The van der Waals surface area contributed by atoms with E-state index in [0.29, 0.717) is 16.9 Å². The van der Waals surface area contributed by atoms with Crippen LogP contribution in [-0.2, 0) is 6.42 Å². The van der Waals surface area contributed by atoms with E-state index in [0.717, 1.165) is 17.5 Å². The Morgan fingerprint density at radius 1 is 0.926 bits per heavy atom. The molecule has 27 heavy (non-hydrogen) atoms. The molecule has 3 rings (SSSR count). The Kier molecular flexibility index (Phi) is 5.68. The summed E-state index contributed by atoms with van der Waals surface area (Å²) in [5.41, 5.74) is 4.56. The summed E-state index contributed by atoms with van der Waals surface area (Å²) in [7, 11) is 0. The summed E-state index contributed by atoms with van der Waals surface area (Å²) in [4.78, 5) is 12.5. The molecule has 0 aliphatic carbocycles. The van der Waals surface area contributed by atoms with Gasteiger partial charge in [0.15, 0.2) is 6.10 Å². The molecule has 0 saturated heterocycles. The number of rotatable bonds is 6. The molecular weight excluding hydrogens is 334 g/mol. The van der Waals surface area contributed by atoms with Gasteiger partial charge < -0.3 is 4.74 Å². The summed E-state index contributed by atoms with van der Waals surface area (Å²) in [5.74, 6) is 0.618. The molecule has 0 aromatic heterocycles. The molecule has 3 aromatic carbocycles. The van der Waals surface area contributed by atoms with E-state index in [4.69, 9.17) is 10.00 Å². The largest absolute Gasteiger partial charge is 0.483 e. The van der Waals surface area contributed by atoms with Crippen LogP contribution in [0.5, 0.6) is 5.75 Å². The highest BCUT2D eigenvalue weighted by Gasteiger charge is 2.16. The van der Waals surface area contributed by atoms with Crippen molar-refractivity contribution in [3.63, 3.8) is 0 Å². The molecule has 0 amide bonds. The quantitative estimate of drug-likeness (QED) is 0.553. The minimum atomic E-state index is -0.557. The lowest BCUT2D eigenvalue weighted by atomic mass is 10.0. The van der Waals surface area contributed by atoms with Crippen LogP contribution in [0.25, 0.3) is 11.1 Å². The average Bonchev–Trinajstić information content (AvgIpc) is 2.74. The molecule has 0 bridgehead atoms. The fraction of sp³-hybridized carbons (Fsp3) is 0.167. The molecule has 0 radical (unpaired) electrons. The number of ketones is 1. The first-order valence-corrected chi connectivity index (χ1v) is 9.01. The van der Waals surface area contributed by atoms with E-state index >= 15 is 0 Å². The lowest BCUT2D eigenvalue weighted by molar-refractivity contribution is 0.0818. The van der Waals surface area contributed by atoms with Gasteiger partial charge in [0.2, 0.25) is 5.78 Å². The van der Waals surface area contributed by atoms with E-state index in [9.17, 15) is 4.79 Å². The molecule has 3 nitrogen and oxygen atoms in total. The van der Waals surface area contributed by atoms with Gasteiger partial charge in [0.25, 0.3) is 0 Å². The van der Waals surface area contributed by atoms with E-state index in [2.05, 4.69) is 13.0 Å². The van der Waals surface area contributed by atoms with Gasteiger partial charge in [-0.05, 0) is 54.3 Å². The number of carbonyl (C=O) groups excluding carboxylic acids is 1. The van der Waals surface area contributed by atoms with Crippen LogP contribution in [0.15, 0.2) is 72.8 Å². The Hall–Kier alpha value is -3.38. The molecule has 0 fully saturated rings. The molecule has 0 spiro atoms. The first-order valence-electron chi connectivity index (χ1n) is 9.01. The molecule has 3 heteroatoms. The number of benzene rings is 3. The van der Waals surface area contributed by atoms with Crippen LogP contribution < -0.4 is 4.74 Å². The van der Waals surface area contributed by atoms with Crippen molar-refractivity contribution < 1.29 is 9.53 Å². The standard InChI is InChI=1S/C24H21NO2/c1-3-18-4-10-22(11-5-18)24(26)17(2)27-23-14-12-21(13-15-23)20-8-6-19(16-25)7-9-20/h4-15,17H,3H2,1-2H3/t17-/m1/s1. The molecular formula is C24H21NO2. The van der Waals surface area contributed by atoms with Crippen molar-refractivity contribution in [2.24, 2.45) is 0 Å². The van der Waals surface area contributed by atoms with Crippen LogP contribution >= 0.6 is 0 Å². The lowest BCUT2D eigenvalue weighted by Crippen LogP contribution is -2.23. The topological polar surface area (TPSA) is 50.1 Å². The third-order valence-electron chi connectivity index (χ3n) is 4.53. The molecule has 3 aromatic rings. The maximum Gasteiger partial charge on any atom is 0.202 e. The van der Waals surface area contributed by atoms with Gasteiger partial charge in [0, 0.05) is 5.56 Å². The number of ether oxygens (including phenoxy) is 1. The van der Waals surface area contributed by atoms with E-state index in [1.807, 2.05) is 60.7 Å². The first-order chi connectivity index (χ1) is 13.1. The Morgan fingerprint density at radius 3 is 2.00 bits per heavy atom. The molecule has 0 heterocycles. The van der Waals surface area contributed by atoms with Crippen LogP contribution in [0.4, 0.5) is 0 Å². The molecule has 0 N–H and O–H groups in total. The summed E-state index contributed by atoms with van der Waals surface area (Å²) in [6.07, 6.45) is 0.393. The Labute approximate surface area is 159 Å². The molecule has 0 aliphatic heterocycles. The van der Waals surface area contributed by atoms with Crippen LogP contribution in [0, 0.1) is 11.3 Å². The third kappa shape index (κ3) is 4.43. The van der Waals surface area contributed by atoms with Crippen molar-refractivity contribution >= 4 is 5.78 Å². The van der Waals surface area contributed by atoms with E-state index in [1.165, 1.54) is 5.56 Å². The van der Waals surface area contributed by atoms with Crippen molar-refractivity contribution in [1.82, 2.24) is 0 Å². The van der Waals surface area contributed by atoms with E-state index in [1.54, 1.807) is 19.1 Å². The number of Topliss-reactive ketones (excluding diaryl/α,β-unsaturated/α-hetero) is 1. The zero-order valence-electron chi connectivity index (χ0n) is 15.5. The fourth-order valence-electron chi connectivity index (χ4n) is 2.86. The minimum Gasteiger partial charge on any atom is -0.483 e. The molecule has 0 unspecified atom stereocenters. The number of carbonyl (C=O) groups is 1. The second-order valence-corrected chi connectivity index (χ2v) is 6.39. The predicted molar refractivity (Wildman–Crippen MR) is 107 cm³/mol. The number of nitrogens with zero attached hydrogens (tertiary/aromatic N) is 1. The summed E-state index contributed by atoms with van der Waals surface area (Å²) < 4.78 is 5.82. The zero-order valence-corrected chi connectivity index (χ0v) is 15.5.